The molecule has 0 radical (unpaired) electrons. The third-order valence-corrected chi connectivity index (χ3v) is 5.37. The fourth-order valence-corrected chi connectivity index (χ4v) is 3.33. The summed E-state index contributed by atoms with van der Waals surface area (Å²) in [5, 5.41) is 7.94. The molecule has 0 fully saturated rings. The molecule has 3 aromatic carbocycles. The van der Waals surface area contributed by atoms with E-state index in [0.29, 0.717) is 28.4 Å². The molecule has 0 aliphatic carbocycles. The number of nitrogens with two attached hydrogens (primary N) is 1. The van der Waals surface area contributed by atoms with Crippen molar-refractivity contribution < 1.29 is 17.9 Å². The molecule has 0 atom stereocenters. The summed E-state index contributed by atoms with van der Waals surface area (Å²) in [5.41, 5.74) is 1.99. The van der Waals surface area contributed by atoms with Crippen molar-refractivity contribution in [3.8, 4) is 11.5 Å². The Hall–Kier alpha value is -3.38. The van der Waals surface area contributed by atoms with Crippen LogP contribution in [0.2, 0.25) is 5.02 Å². The lowest BCUT2D eigenvalue weighted by atomic mass is 10.2. The van der Waals surface area contributed by atoms with Gasteiger partial charge in [-0.3, -0.25) is 4.79 Å². The monoisotopic (exact) mass is 441 g/mol. The molecular formula is C21H16ClN3O4S. The number of carbonyl (C=O) groups is 1. The van der Waals surface area contributed by atoms with Gasteiger partial charge in [-0.1, -0.05) is 17.7 Å². The molecule has 0 aliphatic heterocycles. The zero-order chi connectivity index (χ0) is 21.9. The van der Waals surface area contributed by atoms with Gasteiger partial charge in [-0.15, -0.1) is 0 Å². The second-order valence-corrected chi connectivity index (χ2v) is 8.30. The van der Waals surface area contributed by atoms with Crippen molar-refractivity contribution in [1.82, 2.24) is 0 Å². The maximum Gasteiger partial charge on any atom is 0.255 e. The second-order valence-electron chi connectivity index (χ2n) is 6.33. The largest absolute Gasteiger partial charge is 0.456 e. The number of benzene rings is 3. The first-order valence-electron chi connectivity index (χ1n) is 8.57. The smallest absolute Gasteiger partial charge is 0.255 e. The second kappa shape index (κ2) is 8.55. The Labute approximate surface area is 178 Å². The zero-order valence-electron chi connectivity index (χ0n) is 15.7. The van der Waals surface area contributed by atoms with E-state index in [4.69, 9.17) is 28.0 Å². The highest BCUT2D eigenvalue weighted by molar-refractivity contribution is 7.89. The van der Waals surface area contributed by atoms with Gasteiger partial charge in [0.1, 0.15) is 11.5 Å². The number of nitrogens with zero attached hydrogens (tertiary/aromatic N) is 1. The molecular weight excluding hydrogens is 426 g/mol. The third-order valence-electron chi connectivity index (χ3n) is 4.14. The molecule has 7 nitrogen and oxygen atoms in total. The minimum Gasteiger partial charge on any atom is -0.456 e. The molecule has 30 heavy (non-hydrogen) atoms. The molecule has 0 aliphatic rings. The number of anilines is 1. The molecule has 0 saturated heterocycles. The van der Waals surface area contributed by atoms with Crippen LogP contribution in [0.25, 0.3) is 4.85 Å². The van der Waals surface area contributed by atoms with E-state index in [2.05, 4.69) is 10.2 Å². The summed E-state index contributed by atoms with van der Waals surface area (Å²) in [6, 6.07) is 15.1. The van der Waals surface area contributed by atoms with E-state index in [-0.39, 0.29) is 9.92 Å². The van der Waals surface area contributed by atoms with E-state index < -0.39 is 15.9 Å². The normalized spacial score (nSPS) is 10.9. The van der Waals surface area contributed by atoms with Gasteiger partial charge in [0.2, 0.25) is 10.0 Å². The number of ether oxygens (including phenoxy) is 1. The summed E-state index contributed by atoms with van der Waals surface area (Å²) < 4.78 is 28.4. The van der Waals surface area contributed by atoms with Crippen LogP contribution in [0.3, 0.4) is 0 Å². The van der Waals surface area contributed by atoms with Crippen molar-refractivity contribution in [2.45, 2.75) is 11.8 Å². The lowest BCUT2D eigenvalue weighted by Crippen LogP contribution is -2.14. The topological polar surface area (TPSA) is 103 Å². The van der Waals surface area contributed by atoms with E-state index in [9.17, 15) is 13.2 Å². The van der Waals surface area contributed by atoms with Crippen LogP contribution in [0.5, 0.6) is 11.5 Å². The molecule has 1 amide bonds. The Bertz CT molecular complexity index is 1270. The standard InChI is InChI=1S/C21H16ClN3O4S/c1-13-11-16(24-2)6-10-19(13)29-20-9-3-14(12-18(20)22)21(26)25-15-4-7-17(8-5-15)30(23,27)28/h3-12H,1H3,(H,25,26)(H2,23,27,28). The molecule has 0 unspecified atom stereocenters. The number of hydrogen-bond acceptors (Lipinski definition) is 4. The van der Waals surface area contributed by atoms with Crippen molar-refractivity contribution in [2.24, 2.45) is 5.14 Å². The van der Waals surface area contributed by atoms with E-state index in [1.165, 1.54) is 30.3 Å². The van der Waals surface area contributed by atoms with Crippen molar-refractivity contribution in [1.29, 1.82) is 0 Å². The summed E-state index contributed by atoms with van der Waals surface area (Å²) in [5.74, 6) is 0.491. The predicted octanol–water partition coefficient (Wildman–Crippen LogP) is 4.89. The first-order valence-corrected chi connectivity index (χ1v) is 10.5. The van der Waals surface area contributed by atoms with Gasteiger partial charge in [0.25, 0.3) is 5.91 Å². The number of amides is 1. The lowest BCUT2D eigenvalue weighted by Gasteiger charge is -2.12. The van der Waals surface area contributed by atoms with Gasteiger partial charge in [-0.05, 0) is 67.1 Å². The van der Waals surface area contributed by atoms with Crippen LogP contribution in [0, 0.1) is 13.5 Å². The number of nitrogens with one attached hydrogen (secondary N) is 1. The van der Waals surface area contributed by atoms with Gasteiger partial charge in [-0.25, -0.2) is 18.4 Å². The SMILES string of the molecule is [C-]#[N+]c1ccc(Oc2ccc(C(=O)Nc3ccc(S(N)(=O)=O)cc3)cc2Cl)c(C)c1. The Balaban J connectivity index is 1.74. The number of primary sulfonamides is 1. The van der Waals surface area contributed by atoms with Gasteiger partial charge < -0.3 is 10.1 Å². The Morgan fingerprint density at radius 3 is 2.30 bits per heavy atom. The van der Waals surface area contributed by atoms with Crippen molar-refractivity contribution in [2.75, 3.05) is 5.32 Å². The molecule has 0 saturated carbocycles. The number of halogens is 1. The molecule has 0 heterocycles. The van der Waals surface area contributed by atoms with Crippen molar-refractivity contribution >= 4 is 38.9 Å². The zero-order valence-corrected chi connectivity index (χ0v) is 17.3. The summed E-state index contributed by atoms with van der Waals surface area (Å²) in [6.07, 6.45) is 0. The molecule has 0 spiro atoms. The molecule has 0 aromatic heterocycles. The van der Waals surface area contributed by atoms with Crippen LogP contribution in [0.4, 0.5) is 11.4 Å². The summed E-state index contributed by atoms with van der Waals surface area (Å²) in [4.78, 5) is 15.8. The Kier molecular flexibility index (Phi) is 6.08. The van der Waals surface area contributed by atoms with Crippen LogP contribution in [0.15, 0.2) is 65.6 Å². The summed E-state index contributed by atoms with van der Waals surface area (Å²) in [7, 11) is -3.80. The van der Waals surface area contributed by atoms with Crippen LogP contribution in [-0.4, -0.2) is 14.3 Å². The lowest BCUT2D eigenvalue weighted by molar-refractivity contribution is 0.102. The maximum atomic E-state index is 12.5. The first kappa shape index (κ1) is 21.3. The van der Waals surface area contributed by atoms with E-state index >= 15 is 0 Å². The molecule has 9 heteroatoms. The minimum atomic E-state index is -3.80. The van der Waals surface area contributed by atoms with E-state index in [0.717, 1.165) is 5.56 Å². The van der Waals surface area contributed by atoms with Crippen LogP contribution < -0.4 is 15.2 Å². The molecule has 0 bridgehead atoms. The molecule has 152 valence electrons. The van der Waals surface area contributed by atoms with Crippen LogP contribution >= 0.6 is 11.6 Å². The van der Waals surface area contributed by atoms with Crippen molar-refractivity contribution in [3.05, 3.63) is 88.2 Å². The van der Waals surface area contributed by atoms with Gasteiger partial charge in [0.15, 0.2) is 5.69 Å². The number of hydrogen-bond donors (Lipinski definition) is 2. The van der Waals surface area contributed by atoms with Crippen LogP contribution in [-0.2, 0) is 10.0 Å². The third kappa shape index (κ3) is 4.96. The quantitative estimate of drug-likeness (QED) is 0.550. The van der Waals surface area contributed by atoms with Crippen LogP contribution in [0.1, 0.15) is 15.9 Å². The van der Waals surface area contributed by atoms with Gasteiger partial charge in [0.05, 0.1) is 16.5 Å². The van der Waals surface area contributed by atoms with E-state index in [1.807, 2.05) is 6.92 Å². The predicted molar refractivity (Wildman–Crippen MR) is 115 cm³/mol. The number of sulfonamides is 1. The van der Waals surface area contributed by atoms with Gasteiger partial charge >= 0.3 is 0 Å². The minimum absolute atomic E-state index is 0.0511. The highest BCUT2D eigenvalue weighted by atomic mass is 35.5. The number of rotatable bonds is 5. The average Bonchev–Trinajstić information content (AvgIpc) is 2.70. The molecule has 3 aromatic rings. The summed E-state index contributed by atoms with van der Waals surface area (Å²) in [6.45, 7) is 8.86. The molecule has 3 N–H and O–H groups in total. The maximum absolute atomic E-state index is 12.5. The Morgan fingerprint density at radius 1 is 1.07 bits per heavy atom. The van der Waals surface area contributed by atoms with E-state index in [1.54, 1.807) is 30.3 Å². The molecule has 3 rings (SSSR count). The fourth-order valence-electron chi connectivity index (χ4n) is 2.59. The number of carbonyl (C=O) groups excluding carboxylic acids is 1. The summed E-state index contributed by atoms with van der Waals surface area (Å²) >= 11 is 6.27. The fraction of sp³-hybridized carbons (Fsp3) is 0.0476. The Morgan fingerprint density at radius 2 is 1.73 bits per heavy atom. The highest BCUT2D eigenvalue weighted by Gasteiger charge is 2.13. The average molecular weight is 442 g/mol. The van der Waals surface area contributed by atoms with Crippen molar-refractivity contribution in [3.63, 3.8) is 0 Å². The van der Waals surface area contributed by atoms with Gasteiger partial charge in [-0.2, -0.15) is 0 Å². The first-order chi connectivity index (χ1) is 14.2. The highest BCUT2D eigenvalue weighted by Crippen LogP contribution is 2.33. The number of aryl methyl sites for hydroxylation is 1. The van der Waals surface area contributed by atoms with Gasteiger partial charge in [0, 0.05) is 11.3 Å².